The standard InChI is InChI=1S/C19H13Cl2N3O2/c20-13-3-1-11(2-4-13)10-24-18(25)17(23-19(24)26)7-12-9-22-16-8-14(21)5-6-15(12)16/h1-9,22H,10H2,(H,23,26)/b17-7-. The van der Waals surface area contributed by atoms with Gasteiger partial charge in [0.2, 0.25) is 0 Å². The molecule has 7 heteroatoms. The van der Waals surface area contributed by atoms with E-state index in [-0.39, 0.29) is 18.1 Å². The molecule has 3 amide bonds. The second-order valence-electron chi connectivity index (χ2n) is 5.94. The number of nitrogens with zero attached hydrogens (tertiary/aromatic N) is 1. The Labute approximate surface area is 159 Å². The number of halogens is 2. The summed E-state index contributed by atoms with van der Waals surface area (Å²) in [6.45, 7) is 0.183. The van der Waals surface area contributed by atoms with Crippen LogP contribution in [-0.2, 0) is 11.3 Å². The van der Waals surface area contributed by atoms with Crippen LogP contribution in [0.3, 0.4) is 0 Å². The second kappa shape index (κ2) is 6.52. The summed E-state index contributed by atoms with van der Waals surface area (Å²) in [5.41, 5.74) is 2.72. The quantitative estimate of drug-likeness (QED) is 0.512. The number of fused-ring (bicyclic) bond motifs is 1. The Morgan fingerprint density at radius 2 is 1.73 bits per heavy atom. The van der Waals surface area contributed by atoms with E-state index in [2.05, 4.69) is 10.3 Å². The van der Waals surface area contributed by atoms with Crippen LogP contribution in [-0.4, -0.2) is 21.8 Å². The smallest absolute Gasteiger partial charge is 0.329 e. The lowest BCUT2D eigenvalue weighted by Crippen LogP contribution is -2.30. The van der Waals surface area contributed by atoms with Gasteiger partial charge in [0.25, 0.3) is 5.91 Å². The summed E-state index contributed by atoms with van der Waals surface area (Å²) < 4.78 is 0. The van der Waals surface area contributed by atoms with Crippen molar-refractivity contribution < 1.29 is 9.59 Å². The van der Waals surface area contributed by atoms with E-state index in [9.17, 15) is 9.59 Å². The summed E-state index contributed by atoms with van der Waals surface area (Å²) in [4.78, 5) is 29.1. The summed E-state index contributed by atoms with van der Waals surface area (Å²) >= 11 is 11.9. The summed E-state index contributed by atoms with van der Waals surface area (Å²) in [6, 6.07) is 12.0. The first-order valence-corrected chi connectivity index (χ1v) is 8.62. The van der Waals surface area contributed by atoms with Gasteiger partial charge in [0, 0.05) is 32.7 Å². The van der Waals surface area contributed by atoms with Gasteiger partial charge in [0.15, 0.2) is 0 Å². The molecule has 2 aromatic carbocycles. The van der Waals surface area contributed by atoms with E-state index < -0.39 is 6.03 Å². The fraction of sp³-hybridized carbons (Fsp3) is 0.0526. The number of amides is 3. The van der Waals surface area contributed by atoms with Crippen molar-refractivity contribution >= 4 is 52.1 Å². The van der Waals surface area contributed by atoms with Crippen LogP contribution in [0.5, 0.6) is 0 Å². The van der Waals surface area contributed by atoms with Gasteiger partial charge in [0.05, 0.1) is 6.54 Å². The molecule has 1 aromatic heterocycles. The largest absolute Gasteiger partial charge is 0.361 e. The lowest BCUT2D eigenvalue weighted by atomic mass is 10.1. The van der Waals surface area contributed by atoms with Gasteiger partial charge < -0.3 is 10.3 Å². The third-order valence-corrected chi connectivity index (χ3v) is 4.68. The molecule has 2 N–H and O–H groups in total. The minimum atomic E-state index is -0.445. The van der Waals surface area contributed by atoms with E-state index >= 15 is 0 Å². The highest BCUT2D eigenvalue weighted by Gasteiger charge is 2.33. The van der Waals surface area contributed by atoms with E-state index in [1.807, 2.05) is 6.07 Å². The number of carbonyl (C=O) groups excluding carboxylic acids is 2. The Morgan fingerprint density at radius 3 is 2.50 bits per heavy atom. The van der Waals surface area contributed by atoms with Crippen molar-refractivity contribution in [1.29, 1.82) is 0 Å². The number of hydrogen-bond acceptors (Lipinski definition) is 2. The predicted molar refractivity (Wildman–Crippen MR) is 102 cm³/mol. The molecule has 0 unspecified atom stereocenters. The average molecular weight is 386 g/mol. The van der Waals surface area contributed by atoms with Crippen molar-refractivity contribution in [2.45, 2.75) is 6.54 Å². The van der Waals surface area contributed by atoms with Crippen LogP contribution in [0, 0.1) is 0 Å². The van der Waals surface area contributed by atoms with E-state index in [1.165, 1.54) is 4.90 Å². The maximum Gasteiger partial charge on any atom is 0.329 e. The fourth-order valence-corrected chi connectivity index (χ4v) is 3.18. The Bertz CT molecular complexity index is 1050. The lowest BCUT2D eigenvalue weighted by Gasteiger charge is -2.11. The number of aromatic nitrogens is 1. The van der Waals surface area contributed by atoms with E-state index in [1.54, 1.807) is 48.7 Å². The number of aromatic amines is 1. The average Bonchev–Trinajstić information content (AvgIpc) is 3.12. The van der Waals surface area contributed by atoms with Crippen molar-refractivity contribution in [1.82, 2.24) is 15.2 Å². The highest BCUT2D eigenvalue weighted by Crippen LogP contribution is 2.25. The molecule has 0 spiro atoms. The Morgan fingerprint density at radius 1 is 1.00 bits per heavy atom. The number of carbonyl (C=O) groups is 2. The van der Waals surface area contributed by atoms with Crippen LogP contribution >= 0.6 is 23.2 Å². The van der Waals surface area contributed by atoms with Gasteiger partial charge >= 0.3 is 6.03 Å². The highest BCUT2D eigenvalue weighted by atomic mass is 35.5. The van der Waals surface area contributed by atoms with Crippen LogP contribution in [0.2, 0.25) is 10.0 Å². The van der Waals surface area contributed by atoms with Gasteiger partial charge in [-0.15, -0.1) is 0 Å². The molecule has 26 heavy (non-hydrogen) atoms. The van der Waals surface area contributed by atoms with Crippen LogP contribution in [0.4, 0.5) is 4.79 Å². The van der Waals surface area contributed by atoms with Crippen LogP contribution in [0.1, 0.15) is 11.1 Å². The molecule has 130 valence electrons. The summed E-state index contributed by atoms with van der Waals surface area (Å²) in [5.74, 6) is -0.367. The summed E-state index contributed by atoms with van der Waals surface area (Å²) in [7, 11) is 0. The molecule has 5 nitrogen and oxygen atoms in total. The first-order chi connectivity index (χ1) is 12.5. The molecule has 1 aliphatic heterocycles. The normalized spacial score (nSPS) is 15.9. The van der Waals surface area contributed by atoms with Crippen molar-refractivity contribution in [2.24, 2.45) is 0 Å². The first kappa shape index (κ1) is 16.7. The number of nitrogens with one attached hydrogen (secondary N) is 2. The third-order valence-electron chi connectivity index (χ3n) is 4.19. The van der Waals surface area contributed by atoms with Gasteiger partial charge in [0.1, 0.15) is 5.70 Å². The SMILES string of the molecule is O=C1N/C(=C\c2c[nH]c3cc(Cl)ccc23)C(=O)N1Cc1ccc(Cl)cc1. The zero-order valence-electron chi connectivity index (χ0n) is 13.4. The van der Waals surface area contributed by atoms with Gasteiger partial charge in [-0.1, -0.05) is 41.4 Å². The van der Waals surface area contributed by atoms with Gasteiger partial charge in [-0.3, -0.25) is 9.69 Å². The number of hydrogen-bond donors (Lipinski definition) is 2. The Balaban J connectivity index is 1.61. The van der Waals surface area contributed by atoms with Crippen molar-refractivity contribution in [2.75, 3.05) is 0 Å². The predicted octanol–water partition coefficient (Wildman–Crippen LogP) is 4.57. The van der Waals surface area contributed by atoms with Crippen molar-refractivity contribution in [3.63, 3.8) is 0 Å². The highest BCUT2D eigenvalue weighted by molar-refractivity contribution is 6.31. The minimum Gasteiger partial charge on any atom is -0.361 e. The zero-order chi connectivity index (χ0) is 18.3. The number of benzene rings is 2. The molecule has 0 atom stereocenters. The lowest BCUT2D eigenvalue weighted by molar-refractivity contribution is -0.123. The van der Waals surface area contributed by atoms with E-state index in [0.29, 0.717) is 10.0 Å². The Kier molecular flexibility index (Phi) is 4.18. The van der Waals surface area contributed by atoms with E-state index in [0.717, 1.165) is 22.0 Å². The number of H-pyrrole nitrogens is 1. The minimum absolute atomic E-state index is 0.183. The molecule has 3 aromatic rings. The zero-order valence-corrected chi connectivity index (χ0v) is 14.9. The molecule has 0 radical (unpaired) electrons. The van der Waals surface area contributed by atoms with Crippen molar-refractivity contribution in [3.8, 4) is 0 Å². The molecule has 0 bridgehead atoms. The second-order valence-corrected chi connectivity index (χ2v) is 6.81. The molecule has 1 aliphatic rings. The molecule has 2 heterocycles. The number of urea groups is 1. The monoisotopic (exact) mass is 385 g/mol. The van der Waals surface area contributed by atoms with E-state index in [4.69, 9.17) is 23.2 Å². The van der Waals surface area contributed by atoms with Gasteiger partial charge in [-0.2, -0.15) is 0 Å². The maximum atomic E-state index is 12.6. The van der Waals surface area contributed by atoms with Crippen LogP contribution in [0.25, 0.3) is 17.0 Å². The fourth-order valence-electron chi connectivity index (χ4n) is 2.88. The molecule has 4 rings (SSSR count). The van der Waals surface area contributed by atoms with Gasteiger partial charge in [-0.05, 0) is 35.9 Å². The number of imide groups is 1. The summed E-state index contributed by atoms with van der Waals surface area (Å²) in [5, 5.41) is 4.77. The topological polar surface area (TPSA) is 65.2 Å². The van der Waals surface area contributed by atoms with Crippen molar-refractivity contribution in [3.05, 3.63) is 75.5 Å². The number of rotatable bonds is 3. The maximum absolute atomic E-state index is 12.6. The van der Waals surface area contributed by atoms with Gasteiger partial charge in [-0.25, -0.2) is 4.79 Å². The molecule has 1 saturated heterocycles. The van der Waals surface area contributed by atoms with Crippen LogP contribution in [0.15, 0.2) is 54.4 Å². The molecule has 0 aliphatic carbocycles. The third kappa shape index (κ3) is 3.07. The molecule has 0 saturated carbocycles. The molecule has 1 fully saturated rings. The molecular formula is C19H13Cl2N3O2. The summed E-state index contributed by atoms with van der Waals surface area (Å²) in [6.07, 6.45) is 3.43. The molecular weight excluding hydrogens is 373 g/mol. The van der Waals surface area contributed by atoms with Crippen LogP contribution < -0.4 is 5.32 Å². The first-order valence-electron chi connectivity index (χ1n) is 7.87. The Hall–Kier alpha value is -2.76.